The van der Waals surface area contributed by atoms with Gasteiger partial charge in [0, 0.05) is 21.7 Å². The number of pyridine rings is 1. The third kappa shape index (κ3) is 5.37. The summed E-state index contributed by atoms with van der Waals surface area (Å²) in [5.74, 6) is 0. The fourth-order valence-electron chi connectivity index (χ4n) is 6.67. The van der Waals surface area contributed by atoms with Gasteiger partial charge >= 0.3 is 0 Å². The van der Waals surface area contributed by atoms with Crippen LogP contribution in [0.4, 0.5) is 0 Å². The first-order valence-electron chi connectivity index (χ1n) is 16.0. The number of nitrogens with zero attached hydrogens (tertiary/aromatic N) is 1. The van der Waals surface area contributed by atoms with Gasteiger partial charge in [0.15, 0.2) is 0 Å². The molecule has 3 N–H and O–H groups in total. The predicted molar refractivity (Wildman–Crippen MR) is 190 cm³/mol. The van der Waals surface area contributed by atoms with Crippen molar-refractivity contribution in [2.75, 3.05) is 0 Å². The van der Waals surface area contributed by atoms with Gasteiger partial charge in [-0.1, -0.05) is 151 Å². The molecule has 6 aromatic carbocycles. The molecular formula is C42H36N4. The Kier molecular flexibility index (Phi) is 7.39. The molecule has 8 rings (SSSR count). The number of nitrogens with one attached hydrogen (secondary N) is 3. The van der Waals surface area contributed by atoms with Crippen molar-refractivity contribution < 1.29 is 0 Å². The maximum Gasteiger partial charge on any atom is 0.0865 e. The Morgan fingerprint density at radius 3 is 1.57 bits per heavy atom. The van der Waals surface area contributed by atoms with Crippen molar-refractivity contribution in [1.82, 2.24) is 20.9 Å². The summed E-state index contributed by atoms with van der Waals surface area (Å²) in [6.07, 6.45) is -0.184. The molecule has 1 aliphatic heterocycles. The Morgan fingerprint density at radius 2 is 0.978 bits per heavy atom. The van der Waals surface area contributed by atoms with E-state index in [1.807, 2.05) is 0 Å². The van der Waals surface area contributed by atoms with Crippen molar-refractivity contribution in [3.8, 4) is 22.4 Å². The van der Waals surface area contributed by atoms with Gasteiger partial charge in [-0.05, 0) is 47.7 Å². The van der Waals surface area contributed by atoms with Gasteiger partial charge in [-0.15, -0.1) is 0 Å². The summed E-state index contributed by atoms with van der Waals surface area (Å²) in [5.41, 5.74) is 11.6. The molecule has 4 heteroatoms. The molecule has 224 valence electrons. The van der Waals surface area contributed by atoms with E-state index in [1.54, 1.807) is 0 Å². The van der Waals surface area contributed by atoms with Crippen LogP contribution < -0.4 is 16.0 Å². The van der Waals surface area contributed by atoms with E-state index in [4.69, 9.17) is 4.98 Å². The highest BCUT2D eigenvalue weighted by molar-refractivity contribution is 6.17. The molecule has 2 heterocycles. The number of hydrogen-bond donors (Lipinski definition) is 3. The number of aromatic nitrogens is 1. The Morgan fingerprint density at radius 1 is 0.457 bits per heavy atom. The fraction of sp³-hybridized carbons (Fsp3) is 0.119. The summed E-state index contributed by atoms with van der Waals surface area (Å²) in [5, 5.41) is 15.0. The van der Waals surface area contributed by atoms with Gasteiger partial charge in [0.25, 0.3) is 0 Å². The Labute approximate surface area is 270 Å². The lowest BCUT2D eigenvalue weighted by Gasteiger charge is -2.39. The minimum absolute atomic E-state index is 0.0389. The largest absolute Gasteiger partial charge is 0.279 e. The second-order valence-electron chi connectivity index (χ2n) is 12.3. The minimum atomic E-state index is -0.106. The Hall–Kier alpha value is -5.13. The number of rotatable bonds is 5. The molecule has 0 aliphatic carbocycles. The molecule has 1 aliphatic rings. The smallest absolute Gasteiger partial charge is 0.0865 e. The molecule has 2 unspecified atom stereocenters. The lowest BCUT2D eigenvalue weighted by atomic mass is 9.92. The standard InChI is InChI=1S/C42H36N4/c1-27-16-20-31(21-17-27)40-44-41(32-22-18-28(2)19-23-32)46-42(45-40)33-24-25-35-37(26-33)43-39(30-12-7-4-8-13-30)36-15-9-14-34(38(35)36)29-10-5-3-6-11-29/h3-26,40-42,44-46H,1-2H3. The summed E-state index contributed by atoms with van der Waals surface area (Å²) in [4.78, 5) is 5.37. The highest BCUT2D eigenvalue weighted by Gasteiger charge is 2.30. The van der Waals surface area contributed by atoms with Crippen LogP contribution in [0.3, 0.4) is 0 Å². The zero-order valence-corrected chi connectivity index (χ0v) is 26.0. The van der Waals surface area contributed by atoms with Crippen LogP contribution in [0.25, 0.3) is 44.1 Å². The lowest BCUT2D eigenvalue weighted by Crippen LogP contribution is -2.54. The van der Waals surface area contributed by atoms with Crippen LogP contribution in [0.5, 0.6) is 0 Å². The van der Waals surface area contributed by atoms with Crippen LogP contribution in [-0.2, 0) is 0 Å². The van der Waals surface area contributed by atoms with Gasteiger partial charge in [-0.3, -0.25) is 16.0 Å². The van der Waals surface area contributed by atoms with Gasteiger partial charge in [0.1, 0.15) is 0 Å². The van der Waals surface area contributed by atoms with Crippen LogP contribution in [-0.4, -0.2) is 4.98 Å². The topological polar surface area (TPSA) is 49.0 Å². The third-order valence-electron chi connectivity index (χ3n) is 9.13. The fourth-order valence-corrected chi connectivity index (χ4v) is 6.67. The highest BCUT2D eigenvalue weighted by Crippen LogP contribution is 2.39. The number of fused-ring (bicyclic) bond motifs is 3. The molecule has 7 aromatic rings. The first kappa shape index (κ1) is 28.4. The first-order chi connectivity index (χ1) is 22.6. The maximum atomic E-state index is 5.37. The predicted octanol–water partition coefficient (Wildman–Crippen LogP) is 9.52. The van der Waals surface area contributed by atoms with E-state index in [2.05, 4.69) is 175 Å². The van der Waals surface area contributed by atoms with E-state index >= 15 is 0 Å². The summed E-state index contributed by atoms with van der Waals surface area (Å²) < 4.78 is 0. The van der Waals surface area contributed by atoms with Crippen LogP contribution in [0.1, 0.15) is 46.3 Å². The average Bonchev–Trinajstić information content (AvgIpc) is 3.12. The third-order valence-corrected chi connectivity index (χ3v) is 9.13. The van der Waals surface area contributed by atoms with Crippen LogP contribution in [0.2, 0.25) is 0 Å². The number of hydrogen-bond acceptors (Lipinski definition) is 4. The molecule has 0 amide bonds. The molecule has 2 atom stereocenters. The molecule has 1 aromatic heterocycles. The van der Waals surface area contributed by atoms with Gasteiger partial charge < -0.3 is 0 Å². The molecule has 1 saturated heterocycles. The van der Waals surface area contributed by atoms with E-state index < -0.39 is 0 Å². The van der Waals surface area contributed by atoms with Gasteiger partial charge in [-0.2, -0.15) is 0 Å². The highest BCUT2D eigenvalue weighted by atomic mass is 15.4. The number of benzene rings is 6. The molecule has 46 heavy (non-hydrogen) atoms. The van der Waals surface area contributed by atoms with Crippen molar-refractivity contribution in [2.45, 2.75) is 32.3 Å². The van der Waals surface area contributed by atoms with Crippen molar-refractivity contribution in [1.29, 1.82) is 0 Å². The molecular weight excluding hydrogens is 560 g/mol. The van der Waals surface area contributed by atoms with Gasteiger partial charge in [0.05, 0.1) is 29.7 Å². The van der Waals surface area contributed by atoms with Crippen molar-refractivity contribution in [3.63, 3.8) is 0 Å². The van der Waals surface area contributed by atoms with Gasteiger partial charge in [0.2, 0.25) is 0 Å². The lowest BCUT2D eigenvalue weighted by molar-refractivity contribution is 0.203. The van der Waals surface area contributed by atoms with E-state index in [9.17, 15) is 0 Å². The average molecular weight is 597 g/mol. The van der Waals surface area contributed by atoms with Crippen LogP contribution in [0, 0.1) is 13.8 Å². The second-order valence-corrected chi connectivity index (χ2v) is 12.3. The quantitative estimate of drug-likeness (QED) is 0.173. The van der Waals surface area contributed by atoms with Crippen molar-refractivity contribution in [2.24, 2.45) is 0 Å². The zero-order chi connectivity index (χ0) is 31.0. The molecule has 0 saturated carbocycles. The SMILES string of the molecule is Cc1ccc(C2NC(c3ccc(C)cc3)NC(c3ccc4c(c3)nc(-c3ccccc3)c3cccc(-c5ccccc5)c34)N2)cc1. The van der Waals surface area contributed by atoms with Crippen molar-refractivity contribution >= 4 is 21.7 Å². The molecule has 0 spiro atoms. The summed E-state index contributed by atoms with van der Waals surface area (Å²) >= 11 is 0. The summed E-state index contributed by atoms with van der Waals surface area (Å²) in [7, 11) is 0. The normalized spacial score (nSPS) is 18.2. The monoisotopic (exact) mass is 596 g/mol. The van der Waals surface area contributed by atoms with E-state index in [-0.39, 0.29) is 18.5 Å². The molecule has 4 nitrogen and oxygen atoms in total. The molecule has 0 bridgehead atoms. The summed E-state index contributed by atoms with van der Waals surface area (Å²) in [6, 6.07) is 52.1. The Bertz CT molecular complexity index is 2090. The number of aryl methyl sites for hydroxylation is 2. The molecule has 0 radical (unpaired) electrons. The summed E-state index contributed by atoms with van der Waals surface area (Å²) in [6.45, 7) is 4.26. The molecule has 1 fully saturated rings. The second kappa shape index (κ2) is 12.0. The van der Waals surface area contributed by atoms with Gasteiger partial charge in [-0.25, -0.2) is 4.98 Å². The Balaban J connectivity index is 1.28. The van der Waals surface area contributed by atoms with E-state index in [0.717, 1.165) is 33.1 Å². The van der Waals surface area contributed by atoms with E-state index in [1.165, 1.54) is 38.8 Å². The van der Waals surface area contributed by atoms with E-state index in [0.29, 0.717) is 0 Å². The maximum absolute atomic E-state index is 5.37. The minimum Gasteiger partial charge on any atom is -0.279 e. The van der Waals surface area contributed by atoms with Crippen molar-refractivity contribution in [3.05, 3.63) is 173 Å². The zero-order valence-electron chi connectivity index (χ0n) is 26.0. The first-order valence-corrected chi connectivity index (χ1v) is 16.0. The van der Waals surface area contributed by atoms with Crippen LogP contribution in [0.15, 0.2) is 146 Å². The van der Waals surface area contributed by atoms with Crippen LogP contribution >= 0.6 is 0 Å².